The Balaban J connectivity index is 2.40. The number of aliphatic hydroxyl groups excluding tert-OH is 1. The summed E-state index contributed by atoms with van der Waals surface area (Å²) in [4.78, 5) is 10.8. The van der Waals surface area contributed by atoms with Gasteiger partial charge in [0.15, 0.2) is 0 Å². The first-order valence-corrected chi connectivity index (χ1v) is 5.31. The number of benzene rings is 1. The van der Waals surface area contributed by atoms with Crippen molar-refractivity contribution in [1.82, 2.24) is 5.32 Å². The SMILES string of the molecule is O=C(CCl)NCCc1cccc(CO)c1. The molecule has 0 spiro atoms. The predicted molar refractivity (Wildman–Crippen MR) is 59.8 cm³/mol. The van der Waals surface area contributed by atoms with Gasteiger partial charge in [0, 0.05) is 6.54 Å². The number of carbonyl (C=O) groups is 1. The molecule has 1 aromatic carbocycles. The number of hydrogen-bond acceptors (Lipinski definition) is 2. The minimum Gasteiger partial charge on any atom is -0.392 e. The third-order valence-electron chi connectivity index (χ3n) is 2.03. The molecule has 1 aromatic rings. The Kier molecular flexibility index (Phi) is 5.15. The highest BCUT2D eigenvalue weighted by Crippen LogP contribution is 2.05. The second-order valence-corrected chi connectivity index (χ2v) is 3.48. The van der Waals surface area contributed by atoms with Crippen LogP contribution >= 0.6 is 11.6 Å². The molecule has 0 fully saturated rings. The fourth-order valence-corrected chi connectivity index (χ4v) is 1.37. The summed E-state index contributed by atoms with van der Waals surface area (Å²) in [6.45, 7) is 0.613. The normalized spacial score (nSPS) is 10.0. The van der Waals surface area contributed by atoms with Gasteiger partial charge in [-0.3, -0.25) is 4.79 Å². The summed E-state index contributed by atoms with van der Waals surface area (Å²) in [5.74, 6) is -0.161. The Hall–Kier alpha value is -1.06. The van der Waals surface area contributed by atoms with Crippen LogP contribution in [-0.2, 0) is 17.8 Å². The lowest BCUT2D eigenvalue weighted by Crippen LogP contribution is -2.26. The average Bonchev–Trinajstić information content (AvgIpc) is 2.29. The lowest BCUT2D eigenvalue weighted by molar-refractivity contribution is -0.118. The molecule has 0 radical (unpaired) electrons. The van der Waals surface area contributed by atoms with Crippen LogP contribution in [0.3, 0.4) is 0 Å². The number of alkyl halides is 1. The highest BCUT2D eigenvalue weighted by Gasteiger charge is 1.98. The zero-order valence-electron chi connectivity index (χ0n) is 8.37. The average molecular weight is 228 g/mol. The molecule has 0 unspecified atom stereocenters. The molecule has 1 rings (SSSR count). The highest BCUT2D eigenvalue weighted by atomic mass is 35.5. The van der Waals surface area contributed by atoms with Gasteiger partial charge in [-0.15, -0.1) is 11.6 Å². The van der Waals surface area contributed by atoms with E-state index < -0.39 is 0 Å². The molecular formula is C11H14ClNO2. The largest absolute Gasteiger partial charge is 0.392 e. The van der Waals surface area contributed by atoms with Gasteiger partial charge in [0.25, 0.3) is 0 Å². The fourth-order valence-electron chi connectivity index (χ4n) is 1.28. The Morgan fingerprint density at radius 1 is 1.40 bits per heavy atom. The van der Waals surface area contributed by atoms with Crippen LogP contribution in [0.15, 0.2) is 24.3 Å². The summed E-state index contributed by atoms with van der Waals surface area (Å²) >= 11 is 5.34. The van der Waals surface area contributed by atoms with Gasteiger partial charge >= 0.3 is 0 Å². The van der Waals surface area contributed by atoms with Crippen LogP contribution in [0, 0.1) is 0 Å². The highest BCUT2D eigenvalue weighted by molar-refractivity contribution is 6.27. The zero-order chi connectivity index (χ0) is 11.1. The van der Waals surface area contributed by atoms with Gasteiger partial charge in [-0.2, -0.15) is 0 Å². The zero-order valence-corrected chi connectivity index (χ0v) is 9.13. The molecule has 4 heteroatoms. The Morgan fingerprint density at radius 3 is 2.80 bits per heavy atom. The third kappa shape index (κ3) is 4.32. The Bertz CT molecular complexity index is 328. The first-order chi connectivity index (χ1) is 7.26. The van der Waals surface area contributed by atoms with Crippen LogP contribution in [0.25, 0.3) is 0 Å². The summed E-state index contributed by atoms with van der Waals surface area (Å²) in [5.41, 5.74) is 1.98. The van der Waals surface area contributed by atoms with Gasteiger partial charge in [0.2, 0.25) is 5.91 Å². The van der Waals surface area contributed by atoms with Crippen LogP contribution in [0.5, 0.6) is 0 Å². The number of carbonyl (C=O) groups excluding carboxylic acids is 1. The van der Waals surface area contributed by atoms with E-state index in [1.807, 2.05) is 24.3 Å². The molecular weight excluding hydrogens is 214 g/mol. The number of rotatable bonds is 5. The summed E-state index contributed by atoms with van der Waals surface area (Å²) < 4.78 is 0. The quantitative estimate of drug-likeness (QED) is 0.740. The van der Waals surface area contributed by atoms with Crippen LogP contribution in [0.4, 0.5) is 0 Å². The first kappa shape index (κ1) is 12.0. The molecule has 0 aliphatic carbocycles. The van der Waals surface area contributed by atoms with E-state index in [0.29, 0.717) is 6.54 Å². The minimum absolute atomic E-state index is 0.00329. The molecule has 1 amide bonds. The third-order valence-corrected chi connectivity index (χ3v) is 2.27. The second kappa shape index (κ2) is 6.43. The van der Waals surface area contributed by atoms with E-state index >= 15 is 0 Å². The monoisotopic (exact) mass is 227 g/mol. The molecule has 0 aromatic heterocycles. The van der Waals surface area contributed by atoms with Crippen molar-refractivity contribution in [3.63, 3.8) is 0 Å². The number of nitrogens with one attached hydrogen (secondary N) is 1. The lowest BCUT2D eigenvalue weighted by atomic mass is 10.1. The first-order valence-electron chi connectivity index (χ1n) is 4.77. The number of aliphatic hydroxyl groups is 1. The van der Waals surface area contributed by atoms with Gasteiger partial charge in [0.05, 0.1) is 6.61 Å². The molecule has 0 saturated heterocycles. The molecule has 0 saturated carbocycles. The summed E-state index contributed by atoms with van der Waals surface area (Å²) in [7, 11) is 0. The second-order valence-electron chi connectivity index (χ2n) is 3.21. The van der Waals surface area contributed by atoms with Gasteiger partial charge < -0.3 is 10.4 Å². The van der Waals surface area contributed by atoms with Crippen molar-refractivity contribution in [2.75, 3.05) is 12.4 Å². The maximum Gasteiger partial charge on any atom is 0.234 e. The van der Waals surface area contributed by atoms with Gasteiger partial charge in [0.1, 0.15) is 5.88 Å². The molecule has 0 bridgehead atoms. The number of hydrogen-bond donors (Lipinski definition) is 2. The van der Waals surface area contributed by atoms with E-state index in [9.17, 15) is 4.79 Å². The molecule has 3 nitrogen and oxygen atoms in total. The van der Waals surface area contributed by atoms with Crippen molar-refractivity contribution < 1.29 is 9.90 Å². The predicted octanol–water partition coefficient (Wildman–Crippen LogP) is 1.08. The van der Waals surface area contributed by atoms with Crippen molar-refractivity contribution in [1.29, 1.82) is 0 Å². The maximum absolute atomic E-state index is 10.8. The topological polar surface area (TPSA) is 49.3 Å². The summed E-state index contributed by atoms with van der Waals surface area (Å²) in [5, 5.41) is 11.6. The van der Waals surface area contributed by atoms with Crippen LogP contribution < -0.4 is 5.32 Å². The van der Waals surface area contributed by atoms with E-state index in [0.717, 1.165) is 17.5 Å². The van der Waals surface area contributed by atoms with Crippen LogP contribution in [-0.4, -0.2) is 23.4 Å². The lowest BCUT2D eigenvalue weighted by Gasteiger charge is -2.04. The van der Waals surface area contributed by atoms with E-state index in [2.05, 4.69) is 5.32 Å². The van der Waals surface area contributed by atoms with Crippen molar-refractivity contribution in [2.45, 2.75) is 13.0 Å². The van der Waals surface area contributed by atoms with Gasteiger partial charge in [-0.1, -0.05) is 24.3 Å². The standard InChI is InChI=1S/C11H14ClNO2/c12-7-11(15)13-5-4-9-2-1-3-10(6-9)8-14/h1-3,6,14H,4-5,7-8H2,(H,13,15). The molecule has 2 N–H and O–H groups in total. The van der Waals surface area contributed by atoms with E-state index in [-0.39, 0.29) is 18.4 Å². The van der Waals surface area contributed by atoms with E-state index in [1.165, 1.54) is 0 Å². The summed E-state index contributed by atoms with van der Waals surface area (Å²) in [6.07, 6.45) is 0.746. The van der Waals surface area contributed by atoms with Crippen LogP contribution in [0.1, 0.15) is 11.1 Å². The molecule has 82 valence electrons. The molecule has 0 aliphatic heterocycles. The Morgan fingerprint density at radius 2 is 2.13 bits per heavy atom. The fraction of sp³-hybridized carbons (Fsp3) is 0.364. The van der Waals surface area contributed by atoms with Crippen molar-refractivity contribution in [3.8, 4) is 0 Å². The van der Waals surface area contributed by atoms with Gasteiger partial charge in [-0.05, 0) is 17.5 Å². The van der Waals surface area contributed by atoms with Crippen molar-refractivity contribution in [2.24, 2.45) is 0 Å². The maximum atomic E-state index is 10.8. The molecule has 15 heavy (non-hydrogen) atoms. The van der Waals surface area contributed by atoms with Crippen molar-refractivity contribution >= 4 is 17.5 Å². The minimum atomic E-state index is -0.157. The molecule has 0 aliphatic rings. The molecule has 0 atom stereocenters. The van der Waals surface area contributed by atoms with E-state index in [1.54, 1.807) is 0 Å². The van der Waals surface area contributed by atoms with E-state index in [4.69, 9.17) is 16.7 Å². The smallest absolute Gasteiger partial charge is 0.234 e. The number of halogens is 1. The number of amides is 1. The van der Waals surface area contributed by atoms with Crippen molar-refractivity contribution in [3.05, 3.63) is 35.4 Å². The van der Waals surface area contributed by atoms with Crippen LogP contribution in [0.2, 0.25) is 0 Å². The Labute approximate surface area is 94.1 Å². The molecule has 0 heterocycles. The summed E-state index contributed by atoms with van der Waals surface area (Å²) in [6, 6.07) is 7.64. The van der Waals surface area contributed by atoms with Gasteiger partial charge in [-0.25, -0.2) is 0 Å².